The molecule has 33 heavy (non-hydrogen) atoms. The smallest absolute Gasteiger partial charge is 0.505 e. The SMILES string of the molecule is O=C(NC1CC(O)C1)c1cc(OC(F)(F)F)cc(NS(=O)(=O)c2cc(Br)cc(Cl)c2O)c1O. The average Bonchev–Trinajstić information content (AvgIpc) is 2.64. The first kappa shape index (κ1) is 25.2. The largest absolute Gasteiger partial charge is 0.573 e. The highest BCUT2D eigenvalue weighted by molar-refractivity contribution is 9.10. The summed E-state index contributed by atoms with van der Waals surface area (Å²) in [4.78, 5) is 11.7. The van der Waals surface area contributed by atoms with Gasteiger partial charge in [0.2, 0.25) is 0 Å². The number of benzene rings is 2. The van der Waals surface area contributed by atoms with Crippen LogP contribution in [-0.4, -0.2) is 48.2 Å². The summed E-state index contributed by atoms with van der Waals surface area (Å²) >= 11 is 8.77. The normalized spacial score (nSPS) is 18.4. The Hall–Kier alpha value is -2.42. The number of ether oxygens (including phenoxy) is 1. The lowest BCUT2D eigenvalue weighted by molar-refractivity contribution is -0.274. The van der Waals surface area contributed by atoms with Crippen molar-refractivity contribution in [2.75, 3.05) is 4.72 Å². The second kappa shape index (κ2) is 9.08. The number of nitrogens with one attached hydrogen (secondary N) is 2. The van der Waals surface area contributed by atoms with E-state index in [9.17, 15) is 41.7 Å². The fourth-order valence-corrected chi connectivity index (χ4v) is 5.19. The summed E-state index contributed by atoms with van der Waals surface area (Å²) in [6, 6.07) is 2.77. The average molecular weight is 576 g/mol. The topological polar surface area (TPSA) is 145 Å². The number of sulfonamides is 1. The molecule has 0 aliphatic heterocycles. The first-order valence-corrected chi connectivity index (χ1v) is 11.6. The second-order valence-electron chi connectivity index (χ2n) is 7.05. The Balaban J connectivity index is 2.03. The van der Waals surface area contributed by atoms with Gasteiger partial charge in [0.05, 0.1) is 22.4 Å². The highest BCUT2D eigenvalue weighted by Crippen LogP contribution is 2.39. The number of phenolic OH excluding ortho intramolecular Hbond substituents is 2. The van der Waals surface area contributed by atoms with Gasteiger partial charge in [0, 0.05) is 16.6 Å². The highest BCUT2D eigenvalue weighted by atomic mass is 79.9. The van der Waals surface area contributed by atoms with E-state index >= 15 is 0 Å². The third-order valence-electron chi connectivity index (χ3n) is 4.54. The number of alkyl halides is 3. The number of carbonyl (C=O) groups excluding carboxylic acids is 1. The number of aliphatic hydroxyl groups excluding tert-OH is 1. The van der Waals surface area contributed by atoms with Gasteiger partial charge in [0.1, 0.15) is 10.6 Å². The molecule has 0 bridgehead atoms. The van der Waals surface area contributed by atoms with E-state index < -0.39 is 67.8 Å². The Bertz CT molecular complexity index is 1200. The molecule has 0 aromatic heterocycles. The second-order valence-corrected chi connectivity index (χ2v) is 10.0. The fourth-order valence-electron chi connectivity index (χ4n) is 2.97. The predicted molar refractivity (Wildman–Crippen MR) is 113 cm³/mol. The highest BCUT2D eigenvalue weighted by Gasteiger charge is 2.34. The molecule has 1 aliphatic rings. The molecule has 15 heteroatoms. The van der Waals surface area contributed by atoms with Crippen LogP contribution in [0.3, 0.4) is 0 Å². The van der Waals surface area contributed by atoms with Gasteiger partial charge in [-0.2, -0.15) is 0 Å². The van der Waals surface area contributed by atoms with Gasteiger partial charge in [0.25, 0.3) is 15.9 Å². The van der Waals surface area contributed by atoms with Crippen LogP contribution in [0, 0.1) is 0 Å². The van der Waals surface area contributed by atoms with Gasteiger partial charge in [-0.15, -0.1) is 13.2 Å². The monoisotopic (exact) mass is 574 g/mol. The van der Waals surface area contributed by atoms with Crippen molar-refractivity contribution in [2.45, 2.75) is 36.2 Å². The van der Waals surface area contributed by atoms with Crippen LogP contribution in [0.25, 0.3) is 0 Å². The van der Waals surface area contributed by atoms with Gasteiger partial charge >= 0.3 is 6.36 Å². The Morgan fingerprint density at radius 2 is 1.79 bits per heavy atom. The first-order valence-electron chi connectivity index (χ1n) is 8.99. The van der Waals surface area contributed by atoms with Crippen LogP contribution in [0.15, 0.2) is 33.6 Å². The van der Waals surface area contributed by atoms with Crippen molar-refractivity contribution in [2.24, 2.45) is 0 Å². The van der Waals surface area contributed by atoms with Crippen molar-refractivity contribution in [3.05, 3.63) is 39.3 Å². The van der Waals surface area contributed by atoms with Crippen molar-refractivity contribution < 1.29 is 46.4 Å². The van der Waals surface area contributed by atoms with E-state index in [2.05, 4.69) is 26.0 Å². The van der Waals surface area contributed by atoms with Crippen molar-refractivity contribution >= 4 is 49.1 Å². The summed E-state index contributed by atoms with van der Waals surface area (Å²) in [7, 11) is -4.71. The van der Waals surface area contributed by atoms with E-state index in [1.54, 1.807) is 0 Å². The lowest BCUT2D eigenvalue weighted by Gasteiger charge is -2.32. The summed E-state index contributed by atoms with van der Waals surface area (Å²) in [6.45, 7) is 0. The number of hydrogen-bond acceptors (Lipinski definition) is 7. The molecule has 2 aromatic rings. The lowest BCUT2D eigenvalue weighted by atomic mass is 9.89. The summed E-state index contributed by atoms with van der Waals surface area (Å²) in [5, 5.41) is 31.8. The molecule has 1 fully saturated rings. The number of rotatable bonds is 6. The van der Waals surface area contributed by atoms with Crippen LogP contribution >= 0.6 is 27.5 Å². The standard InChI is InChI=1S/C18H15BrClF3N2O7S/c19-7-1-12(20)16(28)14(2-7)33(30,31)25-13-6-10(32-18(21,22)23)5-11(15(13)27)17(29)24-8-3-9(26)4-8/h1-2,5-6,8-9,25-28H,3-4H2,(H,24,29). The minimum Gasteiger partial charge on any atom is -0.505 e. The van der Waals surface area contributed by atoms with E-state index in [0.717, 1.165) is 6.07 Å². The van der Waals surface area contributed by atoms with Crippen molar-refractivity contribution in [3.8, 4) is 17.2 Å². The van der Waals surface area contributed by atoms with Gasteiger partial charge < -0.3 is 25.4 Å². The number of aromatic hydroxyl groups is 2. The van der Waals surface area contributed by atoms with Gasteiger partial charge in [-0.05, 0) is 31.0 Å². The summed E-state index contributed by atoms with van der Waals surface area (Å²) in [5.41, 5.74) is -1.54. The first-order chi connectivity index (χ1) is 15.2. The number of aliphatic hydroxyl groups is 1. The van der Waals surface area contributed by atoms with Crippen molar-refractivity contribution in [1.82, 2.24) is 5.32 Å². The number of halogens is 5. The molecule has 0 radical (unpaired) electrons. The van der Waals surface area contributed by atoms with Gasteiger partial charge in [-0.3, -0.25) is 9.52 Å². The fraction of sp³-hybridized carbons (Fsp3) is 0.278. The van der Waals surface area contributed by atoms with E-state index in [1.807, 2.05) is 4.72 Å². The van der Waals surface area contributed by atoms with E-state index in [1.165, 1.54) is 6.07 Å². The molecule has 5 N–H and O–H groups in total. The van der Waals surface area contributed by atoms with Crippen LogP contribution in [-0.2, 0) is 10.0 Å². The van der Waals surface area contributed by atoms with Crippen LogP contribution in [0.4, 0.5) is 18.9 Å². The van der Waals surface area contributed by atoms with E-state index in [0.29, 0.717) is 12.1 Å². The van der Waals surface area contributed by atoms with Crippen LogP contribution in [0.1, 0.15) is 23.2 Å². The Kier molecular flexibility index (Phi) is 6.94. The molecule has 0 spiro atoms. The zero-order valence-electron chi connectivity index (χ0n) is 16.2. The third-order valence-corrected chi connectivity index (χ3v) is 6.66. The minimum atomic E-state index is -5.19. The molecule has 1 amide bonds. The maximum atomic E-state index is 12.8. The molecule has 1 saturated carbocycles. The summed E-state index contributed by atoms with van der Waals surface area (Å²) < 4.78 is 69.6. The van der Waals surface area contributed by atoms with Crippen LogP contribution < -0.4 is 14.8 Å². The molecule has 2 aromatic carbocycles. The van der Waals surface area contributed by atoms with Crippen molar-refractivity contribution in [3.63, 3.8) is 0 Å². The summed E-state index contributed by atoms with van der Waals surface area (Å²) in [6.07, 6.45) is -5.42. The third kappa shape index (κ3) is 5.93. The molecular formula is C18H15BrClF3N2O7S. The van der Waals surface area contributed by atoms with Gasteiger partial charge in [0.15, 0.2) is 11.5 Å². The predicted octanol–water partition coefficient (Wildman–Crippen LogP) is 3.47. The van der Waals surface area contributed by atoms with Crippen molar-refractivity contribution in [1.29, 1.82) is 0 Å². The quantitative estimate of drug-likeness (QED) is 0.332. The zero-order chi connectivity index (χ0) is 24.7. The lowest BCUT2D eigenvalue weighted by Crippen LogP contribution is -2.46. The van der Waals surface area contributed by atoms with E-state index in [4.69, 9.17) is 11.6 Å². The number of carbonyl (C=O) groups is 1. The summed E-state index contributed by atoms with van der Waals surface area (Å²) in [5.74, 6) is -3.86. The molecule has 1 aliphatic carbocycles. The van der Waals surface area contributed by atoms with Crippen LogP contribution in [0.5, 0.6) is 17.2 Å². The number of phenols is 2. The zero-order valence-corrected chi connectivity index (χ0v) is 19.3. The molecule has 0 saturated heterocycles. The maximum Gasteiger partial charge on any atom is 0.573 e. The van der Waals surface area contributed by atoms with Gasteiger partial charge in [-0.1, -0.05) is 27.5 Å². The van der Waals surface area contributed by atoms with E-state index in [-0.39, 0.29) is 22.3 Å². The number of anilines is 1. The Morgan fingerprint density at radius 3 is 2.36 bits per heavy atom. The molecule has 3 rings (SSSR count). The molecule has 9 nitrogen and oxygen atoms in total. The molecular weight excluding hydrogens is 561 g/mol. The Morgan fingerprint density at radius 1 is 1.15 bits per heavy atom. The Labute approximate surface area is 198 Å². The van der Waals surface area contributed by atoms with Crippen LogP contribution in [0.2, 0.25) is 5.02 Å². The molecule has 180 valence electrons. The molecule has 0 unspecified atom stereocenters. The molecule has 0 atom stereocenters. The number of hydrogen-bond donors (Lipinski definition) is 5. The maximum absolute atomic E-state index is 12.8. The van der Waals surface area contributed by atoms with Gasteiger partial charge in [-0.25, -0.2) is 8.42 Å². The molecule has 0 heterocycles. The number of amides is 1. The minimum absolute atomic E-state index is 0.159.